The van der Waals surface area contributed by atoms with Gasteiger partial charge in [0.15, 0.2) is 0 Å². The number of alkyl carbamates (subject to hydrolysis) is 1. The molecule has 0 bridgehead atoms. The number of carbonyl (C=O) groups is 2. The van der Waals surface area contributed by atoms with Crippen molar-refractivity contribution in [3.63, 3.8) is 0 Å². The van der Waals surface area contributed by atoms with Gasteiger partial charge in [-0.15, -0.1) is 11.3 Å². The number of rotatable bonds is 6. The lowest BCUT2D eigenvalue weighted by atomic mass is 10.1. The Bertz CT molecular complexity index is 964. The molecular formula is C22H24FN3O3S. The maximum atomic E-state index is 14.0. The molecule has 0 spiro atoms. The molecule has 2 aromatic rings. The number of thiophene rings is 1. The third kappa shape index (κ3) is 5.16. The van der Waals surface area contributed by atoms with Crippen LogP contribution >= 0.6 is 11.3 Å². The average Bonchev–Trinajstić information content (AvgIpc) is 3.25. The van der Waals surface area contributed by atoms with Crippen LogP contribution in [-0.4, -0.2) is 29.2 Å². The van der Waals surface area contributed by atoms with Crippen molar-refractivity contribution < 1.29 is 18.7 Å². The van der Waals surface area contributed by atoms with E-state index in [1.165, 1.54) is 6.07 Å². The lowest BCUT2D eigenvalue weighted by Gasteiger charge is -2.24. The van der Waals surface area contributed by atoms with E-state index in [9.17, 15) is 19.2 Å². The SMILES string of the molecule is CC(C)(C)OC(=O)NC(Cc1sccc1F)C(=O)N[C@]1(C#N)CC1c1ccccc1. The number of amides is 2. The van der Waals surface area contributed by atoms with Gasteiger partial charge >= 0.3 is 6.09 Å². The van der Waals surface area contributed by atoms with E-state index in [2.05, 4.69) is 16.7 Å². The first-order valence-electron chi connectivity index (χ1n) is 9.63. The van der Waals surface area contributed by atoms with Crippen LogP contribution in [0.5, 0.6) is 0 Å². The number of hydrogen-bond acceptors (Lipinski definition) is 5. The molecule has 2 unspecified atom stereocenters. The molecular weight excluding hydrogens is 405 g/mol. The van der Waals surface area contributed by atoms with Gasteiger partial charge in [0.05, 0.1) is 6.07 Å². The van der Waals surface area contributed by atoms with Gasteiger partial charge in [0.1, 0.15) is 23.0 Å². The van der Waals surface area contributed by atoms with Crippen molar-refractivity contribution in [2.45, 2.75) is 56.7 Å². The molecule has 1 saturated carbocycles. The predicted molar refractivity (Wildman–Crippen MR) is 111 cm³/mol. The minimum atomic E-state index is -1.07. The van der Waals surface area contributed by atoms with E-state index in [1.807, 2.05) is 30.3 Å². The van der Waals surface area contributed by atoms with Gasteiger partial charge in [0.2, 0.25) is 5.91 Å². The average molecular weight is 430 g/mol. The molecule has 1 aromatic heterocycles. The number of hydrogen-bond donors (Lipinski definition) is 2. The summed E-state index contributed by atoms with van der Waals surface area (Å²) in [6.07, 6.45) is -0.335. The first-order chi connectivity index (χ1) is 14.1. The smallest absolute Gasteiger partial charge is 0.408 e. The van der Waals surface area contributed by atoms with Crippen LogP contribution < -0.4 is 10.6 Å². The molecule has 2 N–H and O–H groups in total. The number of nitrogens with zero attached hydrogens (tertiary/aromatic N) is 1. The van der Waals surface area contributed by atoms with Crippen molar-refractivity contribution in [1.82, 2.24) is 10.6 Å². The Labute approximate surface area is 179 Å². The topological polar surface area (TPSA) is 91.2 Å². The summed E-state index contributed by atoms with van der Waals surface area (Å²) in [6.45, 7) is 5.12. The van der Waals surface area contributed by atoms with Crippen molar-refractivity contribution in [3.05, 3.63) is 58.0 Å². The lowest BCUT2D eigenvalue weighted by Crippen LogP contribution is -2.52. The van der Waals surface area contributed by atoms with Gasteiger partial charge < -0.3 is 15.4 Å². The van der Waals surface area contributed by atoms with Crippen LogP contribution in [0.4, 0.5) is 9.18 Å². The third-order valence-corrected chi connectivity index (χ3v) is 5.71. The maximum absolute atomic E-state index is 14.0. The van der Waals surface area contributed by atoms with E-state index in [0.717, 1.165) is 16.9 Å². The van der Waals surface area contributed by atoms with Crippen molar-refractivity contribution in [2.24, 2.45) is 0 Å². The summed E-state index contributed by atoms with van der Waals surface area (Å²) in [5, 5.41) is 16.6. The van der Waals surface area contributed by atoms with Crippen LogP contribution in [-0.2, 0) is 16.0 Å². The van der Waals surface area contributed by atoms with Gasteiger partial charge in [-0.1, -0.05) is 30.3 Å². The zero-order valence-electron chi connectivity index (χ0n) is 17.1. The predicted octanol–water partition coefficient (Wildman–Crippen LogP) is 3.89. The fourth-order valence-electron chi connectivity index (χ4n) is 3.26. The van der Waals surface area contributed by atoms with E-state index in [4.69, 9.17) is 4.74 Å². The molecule has 0 aliphatic heterocycles. The quantitative estimate of drug-likeness (QED) is 0.729. The summed E-state index contributed by atoms with van der Waals surface area (Å²) in [4.78, 5) is 25.6. The summed E-state index contributed by atoms with van der Waals surface area (Å²) in [5.74, 6) is -1.12. The van der Waals surface area contributed by atoms with Crippen molar-refractivity contribution >= 4 is 23.3 Å². The molecule has 3 rings (SSSR count). The van der Waals surface area contributed by atoms with Crippen LogP contribution in [0.2, 0.25) is 0 Å². The molecule has 1 heterocycles. The van der Waals surface area contributed by atoms with Crippen LogP contribution in [0, 0.1) is 17.1 Å². The number of halogens is 1. The first kappa shape index (κ1) is 21.8. The van der Waals surface area contributed by atoms with Gasteiger partial charge in [0.25, 0.3) is 0 Å². The van der Waals surface area contributed by atoms with E-state index in [1.54, 1.807) is 26.2 Å². The molecule has 0 radical (unpaired) electrons. The summed E-state index contributed by atoms with van der Waals surface area (Å²) < 4.78 is 19.2. The fraction of sp³-hybridized carbons (Fsp3) is 0.409. The van der Waals surface area contributed by atoms with E-state index in [0.29, 0.717) is 11.3 Å². The largest absolute Gasteiger partial charge is 0.444 e. The van der Waals surface area contributed by atoms with E-state index in [-0.39, 0.29) is 12.3 Å². The molecule has 3 atom stereocenters. The Morgan fingerprint density at radius 1 is 1.33 bits per heavy atom. The molecule has 1 aliphatic rings. The highest BCUT2D eigenvalue weighted by Crippen LogP contribution is 2.51. The number of carbonyl (C=O) groups excluding carboxylic acids is 2. The molecule has 6 nitrogen and oxygen atoms in total. The Morgan fingerprint density at radius 3 is 2.60 bits per heavy atom. The van der Waals surface area contributed by atoms with Crippen LogP contribution in [0.15, 0.2) is 41.8 Å². The molecule has 8 heteroatoms. The van der Waals surface area contributed by atoms with Crippen molar-refractivity contribution in [2.75, 3.05) is 0 Å². The summed E-state index contributed by atoms with van der Waals surface area (Å²) in [6, 6.07) is 11.9. The van der Waals surface area contributed by atoms with Crippen molar-refractivity contribution in [3.8, 4) is 6.07 Å². The van der Waals surface area contributed by atoms with Gasteiger partial charge in [0, 0.05) is 17.2 Å². The van der Waals surface area contributed by atoms with E-state index < -0.39 is 35.0 Å². The monoisotopic (exact) mass is 429 g/mol. The molecule has 1 aliphatic carbocycles. The zero-order chi connectivity index (χ0) is 21.9. The van der Waals surface area contributed by atoms with Crippen LogP contribution in [0.1, 0.15) is 43.6 Å². The highest BCUT2D eigenvalue weighted by atomic mass is 32.1. The van der Waals surface area contributed by atoms with Crippen LogP contribution in [0.25, 0.3) is 0 Å². The van der Waals surface area contributed by atoms with Crippen LogP contribution in [0.3, 0.4) is 0 Å². The summed E-state index contributed by atoms with van der Waals surface area (Å²) >= 11 is 1.16. The Morgan fingerprint density at radius 2 is 2.03 bits per heavy atom. The highest BCUT2D eigenvalue weighted by molar-refractivity contribution is 7.09. The second-order valence-corrected chi connectivity index (χ2v) is 9.34. The molecule has 0 saturated heterocycles. The Balaban J connectivity index is 1.75. The van der Waals surface area contributed by atoms with Gasteiger partial charge in [-0.2, -0.15) is 5.26 Å². The summed E-state index contributed by atoms with van der Waals surface area (Å²) in [7, 11) is 0. The Kier molecular flexibility index (Phi) is 6.13. The van der Waals surface area contributed by atoms with Gasteiger partial charge in [-0.05, 0) is 44.2 Å². The number of ether oxygens (including phenoxy) is 1. The second-order valence-electron chi connectivity index (χ2n) is 8.33. The normalized spacial score (nSPS) is 21.2. The second kappa shape index (κ2) is 8.44. The Hall–Kier alpha value is -2.92. The third-order valence-electron chi connectivity index (χ3n) is 4.80. The standard InChI is InChI=1S/C22H24FN3O3S/c1-21(2,3)29-20(28)25-17(11-18-16(23)9-10-30-18)19(27)26-22(13-24)12-15(22)14-7-5-4-6-8-14/h4-10,15,17H,11-12H2,1-3H3,(H,25,28)(H,26,27)/t15?,17?,22-/m0/s1. The lowest BCUT2D eigenvalue weighted by molar-refractivity contribution is -0.123. The number of nitrogens with one attached hydrogen (secondary N) is 2. The van der Waals surface area contributed by atoms with Gasteiger partial charge in [-0.3, -0.25) is 4.79 Å². The number of nitriles is 1. The van der Waals surface area contributed by atoms with E-state index >= 15 is 0 Å². The minimum Gasteiger partial charge on any atom is -0.444 e. The number of benzene rings is 1. The fourth-order valence-corrected chi connectivity index (χ4v) is 4.06. The minimum absolute atomic E-state index is 0.0356. The van der Waals surface area contributed by atoms with Crippen molar-refractivity contribution in [1.29, 1.82) is 5.26 Å². The molecule has 1 aromatic carbocycles. The summed E-state index contributed by atoms with van der Waals surface area (Å²) in [5.41, 5.74) is -0.831. The molecule has 2 amide bonds. The first-order valence-corrected chi connectivity index (χ1v) is 10.5. The van der Waals surface area contributed by atoms with Gasteiger partial charge in [-0.25, -0.2) is 9.18 Å². The molecule has 158 valence electrons. The maximum Gasteiger partial charge on any atom is 0.408 e. The molecule has 30 heavy (non-hydrogen) atoms. The molecule has 1 fully saturated rings. The highest BCUT2D eigenvalue weighted by Gasteiger charge is 2.57. The zero-order valence-corrected chi connectivity index (χ0v) is 17.9.